The summed E-state index contributed by atoms with van der Waals surface area (Å²) >= 11 is 5.95. The van der Waals surface area contributed by atoms with E-state index in [0.717, 1.165) is 5.56 Å². The Balaban J connectivity index is 2.92. The molecule has 1 radical (unpaired) electrons. The molecule has 0 heterocycles. The molecule has 12 heavy (non-hydrogen) atoms. The number of halogens is 1. The Kier molecular flexibility index (Phi) is 2.99. The average Bonchev–Trinajstić information content (AvgIpc) is 1.98. The van der Waals surface area contributed by atoms with Crippen molar-refractivity contribution in [2.24, 2.45) is 0 Å². The van der Waals surface area contributed by atoms with Crippen molar-refractivity contribution in [2.75, 3.05) is 0 Å². The average molecular weight is 184 g/mol. The summed E-state index contributed by atoms with van der Waals surface area (Å²) in [6, 6.07) is 5.58. The van der Waals surface area contributed by atoms with Gasteiger partial charge in [-0.15, -0.1) is 0 Å². The number of hydrogen-bond donors (Lipinski definition) is 0. The predicted octanol–water partition coefficient (Wildman–Crippen LogP) is 3.31. The molecule has 0 aliphatic rings. The Hall–Kier alpha value is -0.690. The van der Waals surface area contributed by atoms with Crippen LogP contribution in [0.15, 0.2) is 18.2 Å². The monoisotopic (exact) mass is 183 g/mol. The topological polar surface area (TPSA) is 9.23 Å². The molecule has 0 spiro atoms. The highest BCUT2D eigenvalue weighted by Crippen LogP contribution is 2.27. The third-order valence-corrected chi connectivity index (χ3v) is 1.83. The largest absolute Gasteiger partial charge is 0.489 e. The lowest BCUT2D eigenvalue weighted by Gasteiger charge is -2.11. The zero-order valence-corrected chi connectivity index (χ0v) is 8.06. The van der Waals surface area contributed by atoms with Gasteiger partial charge >= 0.3 is 0 Å². The van der Waals surface area contributed by atoms with Crippen LogP contribution in [0.4, 0.5) is 0 Å². The van der Waals surface area contributed by atoms with Crippen LogP contribution >= 0.6 is 11.6 Å². The summed E-state index contributed by atoms with van der Waals surface area (Å²) in [6.45, 7) is 7.70. The normalized spacial score (nSPS) is 10.4. The van der Waals surface area contributed by atoms with Gasteiger partial charge in [0.05, 0.1) is 11.1 Å². The highest BCUT2D eigenvalue weighted by molar-refractivity contribution is 6.32. The second-order valence-electron chi connectivity index (χ2n) is 2.90. The summed E-state index contributed by atoms with van der Waals surface area (Å²) < 4.78 is 5.45. The van der Waals surface area contributed by atoms with E-state index >= 15 is 0 Å². The van der Waals surface area contributed by atoms with Crippen molar-refractivity contribution in [3.05, 3.63) is 35.7 Å². The molecule has 65 valence electrons. The van der Waals surface area contributed by atoms with Gasteiger partial charge in [-0.3, -0.25) is 0 Å². The van der Waals surface area contributed by atoms with E-state index in [-0.39, 0.29) is 6.10 Å². The fourth-order valence-corrected chi connectivity index (χ4v) is 1.07. The maximum absolute atomic E-state index is 5.95. The summed E-state index contributed by atoms with van der Waals surface area (Å²) in [4.78, 5) is 0. The summed E-state index contributed by atoms with van der Waals surface area (Å²) in [7, 11) is 0. The summed E-state index contributed by atoms with van der Waals surface area (Å²) in [5.41, 5.74) is 0.801. The molecule has 1 nitrogen and oxygen atoms in total. The van der Waals surface area contributed by atoms with Gasteiger partial charge in [0.25, 0.3) is 0 Å². The Bertz CT molecular complexity index is 269. The molecule has 0 N–H and O–H groups in total. The van der Waals surface area contributed by atoms with Crippen LogP contribution in [-0.2, 0) is 0 Å². The third kappa shape index (κ3) is 2.15. The van der Waals surface area contributed by atoms with Crippen LogP contribution in [0.1, 0.15) is 19.4 Å². The molecule has 1 rings (SSSR count). The number of benzene rings is 1. The van der Waals surface area contributed by atoms with Crippen LogP contribution in [-0.4, -0.2) is 6.10 Å². The zero-order valence-electron chi connectivity index (χ0n) is 7.30. The van der Waals surface area contributed by atoms with E-state index < -0.39 is 0 Å². The van der Waals surface area contributed by atoms with Crippen molar-refractivity contribution in [1.82, 2.24) is 0 Å². The molecule has 0 saturated carbocycles. The fourth-order valence-electron chi connectivity index (χ4n) is 0.901. The van der Waals surface area contributed by atoms with Crippen molar-refractivity contribution >= 4 is 11.6 Å². The molecular formula is C10H12ClO. The van der Waals surface area contributed by atoms with Gasteiger partial charge < -0.3 is 4.74 Å². The molecule has 0 unspecified atom stereocenters. The van der Waals surface area contributed by atoms with Crippen molar-refractivity contribution in [1.29, 1.82) is 0 Å². The van der Waals surface area contributed by atoms with Gasteiger partial charge in [-0.2, -0.15) is 0 Å². The Morgan fingerprint density at radius 1 is 1.42 bits per heavy atom. The van der Waals surface area contributed by atoms with Gasteiger partial charge in [-0.05, 0) is 32.4 Å². The molecule has 0 aliphatic heterocycles. The van der Waals surface area contributed by atoms with E-state index in [1.807, 2.05) is 32.0 Å². The SMILES string of the molecule is [CH2]c1cccc(OC(C)C)c1Cl. The molecular weight excluding hydrogens is 172 g/mol. The van der Waals surface area contributed by atoms with E-state index in [1.165, 1.54) is 0 Å². The van der Waals surface area contributed by atoms with Crippen LogP contribution in [0, 0.1) is 6.92 Å². The third-order valence-electron chi connectivity index (χ3n) is 1.41. The van der Waals surface area contributed by atoms with Crippen molar-refractivity contribution in [2.45, 2.75) is 20.0 Å². The van der Waals surface area contributed by atoms with Crippen molar-refractivity contribution in [3.8, 4) is 5.75 Å². The first-order valence-corrected chi connectivity index (χ1v) is 4.26. The predicted molar refractivity (Wildman–Crippen MR) is 51.7 cm³/mol. The minimum absolute atomic E-state index is 0.143. The molecule has 0 aliphatic carbocycles. The Labute approximate surface area is 78.3 Å². The van der Waals surface area contributed by atoms with Gasteiger partial charge in [0.1, 0.15) is 5.75 Å². The molecule has 0 atom stereocenters. The molecule has 0 fully saturated rings. The van der Waals surface area contributed by atoms with Crippen LogP contribution in [0.25, 0.3) is 0 Å². The second-order valence-corrected chi connectivity index (χ2v) is 3.27. The molecule has 1 aromatic rings. The van der Waals surface area contributed by atoms with E-state index in [9.17, 15) is 0 Å². The quantitative estimate of drug-likeness (QED) is 0.684. The van der Waals surface area contributed by atoms with E-state index in [1.54, 1.807) is 0 Å². The standard InChI is InChI=1S/C10H12ClO/c1-7(2)12-9-6-4-5-8(3)10(9)11/h4-7H,3H2,1-2H3. The maximum Gasteiger partial charge on any atom is 0.138 e. The van der Waals surface area contributed by atoms with E-state index in [4.69, 9.17) is 16.3 Å². The smallest absolute Gasteiger partial charge is 0.138 e. The fraction of sp³-hybridized carbons (Fsp3) is 0.300. The molecule has 2 heteroatoms. The second kappa shape index (κ2) is 3.81. The maximum atomic E-state index is 5.95. The minimum Gasteiger partial charge on any atom is -0.489 e. The Morgan fingerprint density at radius 3 is 2.67 bits per heavy atom. The number of ether oxygens (including phenoxy) is 1. The first kappa shape index (κ1) is 9.40. The lowest BCUT2D eigenvalue weighted by atomic mass is 10.2. The highest BCUT2D eigenvalue weighted by Gasteiger charge is 2.04. The van der Waals surface area contributed by atoms with Gasteiger partial charge in [-0.1, -0.05) is 23.7 Å². The van der Waals surface area contributed by atoms with E-state index in [0.29, 0.717) is 10.8 Å². The number of hydrogen-bond acceptors (Lipinski definition) is 1. The lowest BCUT2D eigenvalue weighted by Crippen LogP contribution is -2.05. The van der Waals surface area contributed by atoms with Crippen LogP contribution in [0.2, 0.25) is 5.02 Å². The molecule has 0 aromatic heterocycles. The first-order chi connectivity index (χ1) is 5.61. The van der Waals surface area contributed by atoms with Gasteiger partial charge in [0.2, 0.25) is 0 Å². The number of rotatable bonds is 2. The van der Waals surface area contributed by atoms with Gasteiger partial charge in [-0.25, -0.2) is 0 Å². The summed E-state index contributed by atoms with van der Waals surface area (Å²) in [5.74, 6) is 0.708. The zero-order chi connectivity index (χ0) is 9.14. The Morgan fingerprint density at radius 2 is 2.08 bits per heavy atom. The minimum atomic E-state index is 0.143. The van der Waals surface area contributed by atoms with Crippen molar-refractivity contribution < 1.29 is 4.74 Å². The molecule has 0 bridgehead atoms. The molecule has 0 saturated heterocycles. The lowest BCUT2D eigenvalue weighted by molar-refractivity contribution is 0.242. The summed E-state index contributed by atoms with van der Waals surface area (Å²) in [6.07, 6.45) is 0.143. The van der Waals surface area contributed by atoms with Gasteiger partial charge in [0.15, 0.2) is 0 Å². The highest BCUT2D eigenvalue weighted by atomic mass is 35.5. The van der Waals surface area contributed by atoms with Crippen LogP contribution < -0.4 is 4.74 Å². The van der Waals surface area contributed by atoms with Crippen LogP contribution in [0.3, 0.4) is 0 Å². The van der Waals surface area contributed by atoms with E-state index in [2.05, 4.69) is 6.92 Å². The van der Waals surface area contributed by atoms with Gasteiger partial charge in [0, 0.05) is 0 Å². The van der Waals surface area contributed by atoms with Crippen molar-refractivity contribution in [3.63, 3.8) is 0 Å². The molecule has 1 aromatic carbocycles. The molecule has 0 amide bonds. The first-order valence-electron chi connectivity index (χ1n) is 3.88. The summed E-state index contributed by atoms with van der Waals surface area (Å²) in [5, 5.41) is 0.603. The van der Waals surface area contributed by atoms with Crippen LogP contribution in [0.5, 0.6) is 5.75 Å².